The van der Waals surface area contributed by atoms with Crippen molar-refractivity contribution in [3.8, 4) is 0 Å². The number of unbranched alkanes of at least 4 members (excludes halogenated alkanes) is 1. The number of thioether (sulfide) groups is 1. The molecular formula is C12H21NOS. The number of aryl methyl sites for hydroxylation is 2. The second-order valence-electron chi connectivity index (χ2n) is 3.82. The van der Waals surface area contributed by atoms with E-state index < -0.39 is 0 Å². The third-order valence-corrected chi connectivity index (χ3v) is 3.11. The highest BCUT2D eigenvalue weighted by molar-refractivity contribution is 7.98. The van der Waals surface area contributed by atoms with Gasteiger partial charge in [0.25, 0.3) is 0 Å². The van der Waals surface area contributed by atoms with Gasteiger partial charge in [0.2, 0.25) is 0 Å². The van der Waals surface area contributed by atoms with E-state index in [0.29, 0.717) is 0 Å². The van der Waals surface area contributed by atoms with Gasteiger partial charge in [-0.2, -0.15) is 11.8 Å². The van der Waals surface area contributed by atoms with Gasteiger partial charge in [-0.05, 0) is 51.3 Å². The Morgan fingerprint density at radius 1 is 1.33 bits per heavy atom. The molecule has 0 unspecified atom stereocenters. The summed E-state index contributed by atoms with van der Waals surface area (Å²) in [6.07, 6.45) is 4.72. The summed E-state index contributed by atoms with van der Waals surface area (Å²) in [5.74, 6) is 3.32. The van der Waals surface area contributed by atoms with Crippen molar-refractivity contribution >= 4 is 11.8 Å². The first-order valence-electron chi connectivity index (χ1n) is 5.49. The third-order valence-electron chi connectivity index (χ3n) is 2.41. The summed E-state index contributed by atoms with van der Waals surface area (Å²) < 4.78 is 5.47. The molecule has 0 aliphatic heterocycles. The Hall–Kier alpha value is -0.410. The van der Waals surface area contributed by atoms with Crippen LogP contribution in [0.25, 0.3) is 0 Å². The van der Waals surface area contributed by atoms with E-state index in [0.717, 1.165) is 24.6 Å². The Morgan fingerprint density at radius 2 is 2.13 bits per heavy atom. The molecule has 0 saturated heterocycles. The van der Waals surface area contributed by atoms with Crippen LogP contribution in [0.3, 0.4) is 0 Å². The first-order valence-corrected chi connectivity index (χ1v) is 6.89. The highest BCUT2D eigenvalue weighted by Gasteiger charge is 2.02. The van der Waals surface area contributed by atoms with Crippen molar-refractivity contribution in [2.24, 2.45) is 0 Å². The maximum atomic E-state index is 5.47. The second kappa shape index (κ2) is 6.96. The zero-order chi connectivity index (χ0) is 11.1. The lowest BCUT2D eigenvalue weighted by atomic mass is 10.2. The topological polar surface area (TPSA) is 25.2 Å². The van der Waals surface area contributed by atoms with Crippen molar-refractivity contribution in [1.29, 1.82) is 0 Å². The van der Waals surface area contributed by atoms with Crippen molar-refractivity contribution in [1.82, 2.24) is 5.32 Å². The predicted octanol–water partition coefficient (Wildman–Crippen LogP) is 3.13. The average Bonchev–Trinajstić information content (AvgIpc) is 2.51. The molecule has 1 aromatic heterocycles. The minimum atomic E-state index is 0.933. The Bertz CT molecular complexity index is 283. The van der Waals surface area contributed by atoms with Crippen LogP contribution in [0, 0.1) is 13.8 Å². The van der Waals surface area contributed by atoms with Gasteiger partial charge in [0.1, 0.15) is 11.5 Å². The Labute approximate surface area is 96.8 Å². The van der Waals surface area contributed by atoms with Crippen LogP contribution in [0.2, 0.25) is 0 Å². The molecule has 1 aromatic rings. The SMILES string of the molecule is CSCCCCNCc1cc(C)oc1C. The van der Waals surface area contributed by atoms with E-state index in [1.165, 1.54) is 24.2 Å². The summed E-state index contributed by atoms with van der Waals surface area (Å²) >= 11 is 1.92. The van der Waals surface area contributed by atoms with Crippen molar-refractivity contribution in [2.75, 3.05) is 18.6 Å². The van der Waals surface area contributed by atoms with E-state index in [4.69, 9.17) is 4.42 Å². The molecule has 1 N–H and O–H groups in total. The summed E-state index contributed by atoms with van der Waals surface area (Å²) in [5.41, 5.74) is 1.29. The summed E-state index contributed by atoms with van der Waals surface area (Å²) in [4.78, 5) is 0. The largest absolute Gasteiger partial charge is 0.466 e. The van der Waals surface area contributed by atoms with Gasteiger partial charge >= 0.3 is 0 Å². The lowest BCUT2D eigenvalue weighted by Crippen LogP contribution is -2.14. The molecule has 0 bridgehead atoms. The standard InChI is InChI=1S/C12H21NOS/c1-10-8-12(11(2)14-10)9-13-6-4-5-7-15-3/h8,13H,4-7,9H2,1-3H3. The summed E-state index contributed by atoms with van der Waals surface area (Å²) in [7, 11) is 0. The minimum Gasteiger partial charge on any atom is -0.466 e. The highest BCUT2D eigenvalue weighted by Crippen LogP contribution is 2.12. The van der Waals surface area contributed by atoms with Crippen LogP contribution < -0.4 is 5.32 Å². The summed E-state index contributed by atoms with van der Waals surface area (Å²) in [6.45, 7) is 6.05. The Morgan fingerprint density at radius 3 is 2.73 bits per heavy atom. The lowest BCUT2D eigenvalue weighted by Gasteiger charge is -2.02. The van der Waals surface area contributed by atoms with E-state index >= 15 is 0 Å². The van der Waals surface area contributed by atoms with Crippen molar-refractivity contribution < 1.29 is 4.42 Å². The maximum Gasteiger partial charge on any atom is 0.105 e. The number of furan rings is 1. The van der Waals surface area contributed by atoms with E-state index in [-0.39, 0.29) is 0 Å². The second-order valence-corrected chi connectivity index (χ2v) is 4.80. The van der Waals surface area contributed by atoms with Crippen LogP contribution in [-0.4, -0.2) is 18.6 Å². The Balaban J connectivity index is 2.12. The van der Waals surface area contributed by atoms with Crippen LogP contribution in [0.5, 0.6) is 0 Å². The number of hydrogen-bond acceptors (Lipinski definition) is 3. The van der Waals surface area contributed by atoms with Gasteiger partial charge in [0.05, 0.1) is 0 Å². The minimum absolute atomic E-state index is 0.933. The van der Waals surface area contributed by atoms with Gasteiger partial charge in [0.15, 0.2) is 0 Å². The number of rotatable bonds is 7. The molecule has 0 amide bonds. The lowest BCUT2D eigenvalue weighted by molar-refractivity contribution is 0.498. The molecule has 0 atom stereocenters. The van der Waals surface area contributed by atoms with E-state index in [1.54, 1.807) is 0 Å². The molecular weight excluding hydrogens is 206 g/mol. The van der Waals surface area contributed by atoms with Crippen LogP contribution in [-0.2, 0) is 6.54 Å². The molecule has 0 spiro atoms. The van der Waals surface area contributed by atoms with Gasteiger partial charge in [-0.15, -0.1) is 0 Å². The molecule has 0 aliphatic rings. The molecule has 3 heteroatoms. The van der Waals surface area contributed by atoms with Gasteiger partial charge in [0, 0.05) is 12.1 Å². The van der Waals surface area contributed by atoms with Crippen LogP contribution in [0.1, 0.15) is 29.9 Å². The molecule has 86 valence electrons. The molecule has 15 heavy (non-hydrogen) atoms. The third kappa shape index (κ3) is 4.76. The fraction of sp³-hybridized carbons (Fsp3) is 0.667. The molecule has 1 rings (SSSR count). The van der Waals surface area contributed by atoms with Gasteiger partial charge in [-0.3, -0.25) is 0 Å². The molecule has 2 nitrogen and oxygen atoms in total. The number of nitrogens with one attached hydrogen (secondary N) is 1. The maximum absolute atomic E-state index is 5.47. The van der Waals surface area contributed by atoms with Gasteiger partial charge in [-0.25, -0.2) is 0 Å². The van der Waals surface area contributed by atoms with E-state index in [9.17, 15) is 0 Å². The van der Waals surface area contributed by atoms with Gasteiger partial charge in [-0.1, -0.05) is 0 Å². The van der Waals surface area contributed by atoms with Crippen LogP contribution in [0.15, 0.2) is 10.5 Å². The molecule has 0 aliphatic carbocycles. The molecule has 0 saturated carbocycles. The zero-order valence-electron chi connectivity index (χ0n) is 9.93. The molecule has 0 aromatic carbocycles. The predicted molar refractivity (Wildman–Crippen MR) is 67.5 cm³/mol. The summed E-state index contributed by atoms with van der Waals surface area (Å²) in [5, 5.41) is 3.45. The summed E-state index contributed by atoms with van der Waals surface area (Å²) in [6, 6.07) is 2.12. The zero-order valence-corrected chi connectivity index (χ0v) is 10.7. The number of hydrogen-bond donors (Lipinski definition) is 1. The fourth-order valence-corrected chi connectivity index (χ4v) is 2.07. The van der Waals surface area contributed by atoms with Crippen molar-refractivity contribution in [3.63, 3.8) is 0 Å². The van der Waals surface area contributed by atoms with Gasteiger partial charge < -0.3 is 9.73 Å². The fourth-order valence-electron chi connectivity index (χ4n) is 1.58. The van der Waals surface area contributed by atoms with E-state index in [2.05, 4.69) is 17.6 Å². The van der Waals surface area contributed by atoms with Crippen LogP contribution in [0.4, 0.5) is 0 Å². The molecule has 1 heterocycles. The highest BCUT2D eigenvalue weighted by atomic mass is 32.2. The first-order chi connectivity index (χ1) is 7.24. The van der Waals surface area contributed by atoms with E-state index in [1.807, 2.05) is 25.6 Å². The first kappa shape index (κ1) is 12.7. The Kier molecular flexibility index (Phi) is 5.88. The van der Waals surface area contributed by atoms with Crippen molar-refractivity contribution in [2.45, 2.75) is 33.2 Å². The van der Waals surface area contributed by atoms with Crippen LogP contribution >= 0.6 is 11.8 Å². The molecule has 0 fully saturated rings. The smallest absolute Gasteiger partial charge is 0.105 e. The average molecular weight is 227 g/mol. The normalized spacial score (nSPS) is 10.9. The van der Waals surface area contributed by atoms with Crippen molar-refractivity contribution in [3.05, 3.63) is 23.2 Å². The monoisotopic (exact) mass is 227 g/mol. The quantitative estimate of drug-likeness (QED) is 0.725. The molecule has 0 radical (unpaired) electrons.